The van der Waals surface area contributed by atoms with Crippen molar-refractivity contribution in [3.05, 3.63) is 17.5 Å². The molecule has 1 aromatic heterocycles. The zero-order chi connectivity index (χ0) is 13.7. The Kier molecular flexibility index (Phi) is 5.44. The minimum absolute atomic E-state index is 0.710. The molecule has 0 amide bonds. The van der Waals surface area contributed by atoms with Crippen LogP contribution < -0.4 is 5.32 Å². The lowest BCUT2D eigenvalue weighted by atomic mass is 9.95. The fourth-order valence-corrected chi connectivity index (χ4v) is 3.36. The Bertz CT molecular complexity index is 383. The highest BCUT2D eigenvalue weighted by atomic mass is 15.2. The van der Waals surface area contributed by atoms with Crippen molar-refractivity contribution in [2.24, 2.45) is 13.0 Å². The van der Waals surface area contributed by atoms with Gasteiger partial charge in [-0.3, -0.25) is 4.68 Å². The van der Waals surface area contributed by atoms with E-state index in [4.69, 9.17) is 0 Å². The molecular weight excluding hydrogens is 234 g/mol. The standard InChI is InChI=1S/C16H29N3/c1-4-6-14-7-5-8-16(10-9-14)17-11-15-12-19(3)18-13(15)2/h12,14,16-17H,4-11H2,1-3H3. The molecule has 108 valence electrons. The van der Waals surface area contributed by atoms with E-state index in [2.05, 4.69) is 30.5 Å². The summed E-state index contributed by atoms with van der Waals surface area (Å²) in [5.74, 6) is 0.983. The molecule has 2 rings (SSSR count). The average Bonchev–Trinajstić information content (AvgIpc) is 2.58. The van der Waals surface area contributed by atoms with Crippen molar-refractivity contribution in [1.82, 2.24) is 15.1 Å². The van der Waals surface area contributed by atoms with Crippen LogP contribution in [0.5, 0.6) is 0 Å². The van der Waals surface area contributed by atoms with E-state index in [0.717, 1.165) is 18.2 Å². The van der Waals surface area contributed by atoms with Crippen LogP contribution in [0.1, 0.15) is 63.1 Å². The van der Waals surface area contributed by atoms with Gasteiger partial charge in [0.2, 0.25) is 0 Å². The minimum Gasteiger partial charge on any atom is -0.310 e. The molecule has 19 heavy (non-hydrogen) atoms. The molecule has 1 N–H and O–H groups in total. The number of aromatic nitrogens is 2. The summed E-state index contributed by atoms with van der Waals surface area (Å²) >= 11 is 0. The highest BCUT2D eigenvalue weighted by molar-refractivity contribution is 5.14. The lowest BCUT2D eigenvalue weighted by Crippen LogP contribution is -2.28. The first-order chi connectivity index (χ1) is 9.19. The Morgan fingerprint density at radius 2 is 2.16 bits per heavy atom. The van der Waals surface area contributed by atoms with Gasteiger partial charge in [-0.05, 0) is 32.1 Å². The summed E-state index contributed by atoms with van der Waals surface area (Å²) in [6, 6.07) is 0.710. The first-order valence-corrected chi connectivity index (χ1v) is 7.91. The van der Waals surface area contributed by atoms with Crippen LogP contribution in [-0.2, 0) is 13.6 Å². The van der Waals surface area contributed by atoms with Gasteiger partial charge in [-0.2, -0.15) is 5.10 Å². The molecule has 1 saturated carbocycles. The van der Waals surface area contributed by atoms with Crippen molar-refractivity contribution in [3.63, 3.8) is 0 Å². The van der Waals surface area contributed by atoms with Crippen molar-refractivity contribution in [2.45, 2.75) is 71.4 Å². The van der Waals surface area contributed by atoms with Gasteiger partial charge in [-0.25, -0.2) is 0 Å². The molecule has 0 radical (unpaired) electrons. The molecule has 1 aliphatic carbocycles. The largest absolute Gasteiger partial charge is 0.310 e. The van der Waals surface area contributed by atoms with Crippen LogP contribution in [0, 0.1) is 12.8 Å². The van der Waals surface area contributed by atoms with Crippen molar-refractivity contribution >= 4 is 0 Å². The Labute approximate surface area is 117 Å². The summed E-state index contributed by atoms with van der Waals surface area (Å²) in [5.41, 5.74) is 2.50. The molecule has 2 atom stereocenters. The molecule has 0 aliphatic heterocycles. The number of hydrogen-bond acceptors (Lipinski definition) is 2. The summed E-state index contributed by atoms with van der Waals surface area (Å²) in [4.78, 5) is 0. The number of hydrogen-bond donors (Lipinski definition) is 1. The van der Waals surface area contributed by atoms with Gasteiger partial charge >= 0.3 is 0 Å². The highest BCUT2D eigenvalue weighted by Crippen LogP contribution is 2.26. The third kappa shape index (κ3) is 4.34. The summed E-state index contributed by atoms with van der Waals surface area (Å²) in [5, 5.41) is 8.15. The van der Waals surface area contributed by atoms with Gasteiger partial charge in [0.05, 0.1) is 5.69 Å². The van der Waals surface area contributed by atoms with Crippen LogP contribution in [0.3, 0.4) is 0 Å². The van der Waals surface area contributed by atoms with Crippen LogP contribution in [0.2, 0.25) is 0 Å². The number of nitrogens with one attached hydrogen (secondary N) is 1. The Balaban J connectivity index is 1.78. The van der Waals surface area contributed by atoms with Gasteiger partial charge in [-0.1, -0.05) is 32.6 Å². The van der Waals surface area contributed by atoms with Gasteiger partial charge in [-0.15, -0.1) is 0 Å². The monoisotopic (exact) mass is 263 g/mol. The highest BCUT2D eigenvalue weighted by Gasteiger charge is 2.18. The zero-order valence-corrected chi connectivity index (χ0v) is 12.8. The van der Waals surface area contributed by atoms with Crippen LogP contribution in [-0.4, -0.2) is 15.8 Å². The lowest BCUT2D eigenvalue weighted by molar-refractivity contribution is 0.409. The molecule has 1 fully saturated rings. The minimum atomic E-state index is 0.710. The van der Waals surface area contributed by atoms with Crippen LogP contribution >= 0.6 is 0 Å². The number of rotatable bonds is 5. The molecule has 1 aromatic rings. The second kappa shape index (κ2) is 7.09. The van der Waals surface area contributed by atoms with Gasteiger partial charge in [0, 0.05) is 31.4 Å². The molecule has 3 nitrogen and oxygen atoms in total. The fraction of sp³-hybridized carbons (Fsp3) is 0.812. The Morgan fingerprint density at radius 1 is 1.32 bits per heavy atom. The summed E-state index contributed by atoms with van der Waals surface area (Å²) < 4.78 is 1.91. The first kappa shape index (κ1) is 14.6. The third-order valence-corrected chi connectivity index (χ3v) is 4.48. The maximum absolute atomic E-state index is 4.41. The molecule has 0 saturated heterocycles. The van der Waals surface area contributed by atoms with E-state index in [1.807, 2.05) is 11.7 Å². The normalized spacial score (nSPS) is 24.4. The fourth-order valence-electron chi connectivity index (χ4n) is 3.36. The third-order valence-electron chi connectivity index (χ3n) is 4.48. The molecule has 0 bridgehead atoms. The maximum atomic E-state index is 4.41. The predicted octanol–water partition coefficient (Wildman–Crippen LogP) is 3.57. The molecular formula is C16H29N3. The zero-order valence-electron chi connectivity index (χ0n) is 12.8. The average molecular weight is 263 g/mol. The maximum Gasteiger partial charge on any atom is 0.0638 e. The van der Waals surface area contributed by atoms with Crippen LogP contribution in [0.4, 0.5) is 0 Å². The summed E-state index contributed by atoms with van der Waals surface area (Å²) in [6.45, 7) is 5.38. The van der Waals surface area contributed by atoms with Crippen molar-refractivity contribution in [2.75, 3.05) is 0 Å². The summed E-state index contributed by atoms with van der Waals surface area (Å²) in [7, 11) is 2.00. The van der Waals surface area contributed by atoms with E-state index in [9.17, 15) is 0 Å². The quantitative estimate of drug-likeness (QED) is 0.823. The van der Waals surface area contributed by atoms with Gasteiger partial charge in [0.25, 0.3) is 0 Å². The Morgan fingerprint density at radius 3 is 2.84 bits per heavy atom. The number of nitrogens with zero attached hydrogens (tertiary/aromatic N) is 2. The molecule has 1 aliphatic rings. The second-order valence-electron chi connectivity index (χ2n) is 6.15. The van der Waals surface area contributed by atoms with Crippen molar-refractivity contribution in [1.29, 1.82) is 0 Å². The van der Waals surface area contributed by atoms with Crippen molar-refractivity contribution < 1.29 is 0 Å². The molecule has 0 spiro atoms. The molecule has 3 heteroatoms. The van der Waals surface area contributed by atoms with Crippen LogP contribution in [0.25, 0.3) is 0 Å². The van der Waals surface area contributed by atoms with E-state index < -0.39 is 0 Å². The summed E-state index contributed by atoms with van der Waals surface area (Å²) in [6.07, 6.45) is 11.9. The van der Waals surface area contributed by atoms with Crippen LogP contribution in [0.15, 0.2) is 6.20 Å². The van der Waals surface area contributed by atoms with E-state index in [1.54, 1.807) is 0 Å². The van der Waals surface area contributed by atoms with E-state index in [-0.39, 0.29) is 0 Å². The van der Waals surface area contributed by atoms with Gasteiger partial charge < -0.3 is 5.32 Å². The van der Waals surface area contributed by atoms with Gasteiger partial charge in [0.1, 0.15) is 0 Å². The van der Waals surface area contributed by atoms with E-state index in [1.165, 1.54) is 50.5 Å². The van der Waals surface area contributed by atoms with Crippen molar-refractivity contribution in [3.8, 4) is 0 Å². The number of aryl methyl sites for hydroxylation is 2. The predicted molar refractivity (Wildman–Crippen MR) is 80.1 cm³/mol. The van der Waals surface area contributed by atoms with E-state index in [0.29, 0.717) is 6.04 Å². The molecule has 2 unspecified atom stereocenters. The first-order valence-electron chi connectivity index (χ1n) is 7.91. The topological polar surface area (TPSA) is 29.9 Å². The van der Waals surface area contributed by atoms with E-state index >= 15 is 0 Å². The second-order valence-corrected chi connectivity index (χ2v) is 6.15. The molecule has 0 aromatic carbocycles. The molecule has 1 heterocycles. The Hall–Kier alpha value is -0.830. The SMILES string of the molecule is CCCC1CCCC(NCc2cn(C)nc2C)CC1. The lowest BCUT2D eigenvalue weighted by Gasteiger charge is -2.16. The van der Waals surface area contributed by atoms with Gasteiger partial charge in [0.15, 0.2) is 0 Å². The smallest absolute Gasteiger partial charge is 0.0638 e.